The predicted octanol–water partition coefficient (Wildman–Crippen LogP) is 1.83. The zero-order valence-corrected chi connectivity index (χ0v) is 9.58. The third-order valence-corrected chi connectivity index (χ3v) is 2.48. The molecule has 1 aliphatic heterocycles. The van der Waals surface area contributed by atoms with Gasteiger partial charge in [0.1, 0.15) is 1.37 Å². The molecule has 86 valence electrons. The van der Waals surface area contributed by atoms with Crippen molar-refractivity contribution >= 4 is 12.4 Å². The molecule has 1 atom stereocenters. The van der Waals surface area contributed by atoms with Crippen LogP contribution in [-0.2, 0) is 9.53 Å². The number of nitrogens with zero attached hydrogens (tertiary/aromatic N) is 1. The number of ether oxygens (including phenoxy) is 1. The molecule has 0 radical (unpaired) electrons. The van der Waals surface area contributed by atoms with Crippen LogP contribution < -0.4 is 0 Å². The zero-order valence-electron chi connectivity index (χ0n) is 10.6. The molecule has 0 N–H and O–H groups in total. The molecule has 0 spiro atoms. The molecule has 1 fully saturated rings. The predicted molar refractivity (Wildman–Crippen MR) is 56.6 cm³/mol. The van der Waals surface area contributed by atoms with E-state index in [0.29, 0.717) is 13.1 Å². The Kier molecular flexibility index (Phi) is 3.23. The Morgan fingerprint density at radius 3 is 2.40 bits per heavy atom. The van der Waals surface area contributed by atoms with Gasteiger partial charge in [0, 0.05) is 18.5 Å². The highest BCUT2D eigenvalue weighted by Crippen LogP contribution is 2.22. The maximum atomic E-state index is 11.7. The Bertz CT molecular complexity index is 279. The fourth-order valence-electron chi connectivity index (χ4n) is 1.45. The van der Waals surface area contributed by atoms with Crippen molar-refractivity contribution in [3.05, 3.63) is 0 Å². The minimum atomic E-state index is -0.986. The van der Waals surface area contributed by atoms with Gasteiger partial charge in [0.2, 0.25) is 0 Å². The standard InChI is InChI=1S/C11H19NO3/c1-11(2,3)9(8-13)15-10(14)12-6-4-5-7-12/h8-9H,4-7H2,1-3H3/i8D. The molecule has 0 aromatic rings. The van der Waals surface area contributed by atoms with Gasteiger partial charge in [-0.25, -0.2) is 4.79 Å². The molecule has 1 saturated heterocycles. The van der Waals surface area contributed by atoms with Crippen LogP contribution in [0, 0.1) is 5.41 Å². The Balaban J connectivity index is 2.61. The van der Waals surface area contributed by atoms with Gasteiger partial charge in [-0.15, -0.1) is 0 Å². The van der Waals surface area contributed by atoms with E-state index < -0.39 is 23.9 Å². The third kappa shape index (κ3) is 3.22. The zero-order chi connectivity index (χ0) is 12.3. The van der Waals surface area contributed by atoms with E-state index in [-0.39, 0.29) is 0 Å². The van der Waals surface area contributed by atoms with Crippen molar-refractivity contribution in [1.29, 1.82) is 0 Å². The van der Waals surface area contributed by atoms with E-state index in [9.17, 15) is 9.59 Å². The van der Waals surface area contributed by atoms with Crippen LogP contribution in [0.1, 0.15) is 35.0 Å². The topological polar surface area (TPSA) is 46.6 Å². The first kappa shape index (κ1) is 10.5. The van der Waals surface area contributed by atoms with Crippen molar-refractivity contribution in [3.8, 4) is 0 Å². The Hall–Kier alpha value is -1.06. The fraction of sp³-hybridized carbons (Fsp3) is 0.818. The summed E-state index contributed by atoms with van der Waals surface area (Å²) in [5, 5.41) is 0. The van der Waals surface area contributed by atoms with Gasteiger partial charge in [-0.3, -0.25) is 4.79 Å². The van der Waals surface area contributed by atoms with Gasteiger partial charge in [0.25, 0.3) is 0 Å². The number of aldehydes is 1. The Labute approximate surface area is 92.0 Å². The van der Waals surface area contributed by atoms with Crippen LogP contribution in [0.3, 0.4) is 0 Å². The number of carbonyl (C=O) groups excluding carboxylic acids is 2. The van der Waals surface area contributed by atoms with Crippen molar-refractivity contribution < 1.29 is 15.7 Å². The summed E-state index contributed by atoms with van der Waals surface area (Å²) in [5.74, 6) is 0. The molecular weight excluding hydrogens is 194 g/mol. The van der Waals surface area contributed by atoms with Gasteiger partial charge in [0.05, 0.1) is 0 Å². The van der Waals surface area contributed by atoms with Crippen LogP contribution in [0.2, 0.25) is 0 Å². The highest BCUT2D eigenvalue weighted by atomic mass is 16.6. The molecule has 4 nitrogen and oxygen atoms in total. The van der Waals surface area contributed by atoms with Crippen molar-refractivity contribution in [2.45, 2.75) is 39.7 Å². The van der Waals surface area contributed by atoms with E-state index >= 15 is 0 Å². The van der Waals surface area contributed by atoms with Crippen LogP contribution in [0.25, 0.3) is 0 Å². The third-order valence-electron chi connectivity index (χ3n) is 2.48. The highest BCUT2D eigenvalue weighted by molar-refractivity contribution is 5.71. The monoisotopic (exact) mass is 214 g/mol. The molecule has 15 heavy (non-hydrogen) atoms. The molecule has 4 heteroatoms. The minimum Gasteiger partial charge on any atom is -0.438 e. The molecular formula is C11H19NO3. The molecule has 0 bridgehead atoms. The molecule has 0 saturated carbocycles. The largest absolute Gasteiger partial charge is 0.438 e. The number of rotatable bonds is 2. The SMILES string of the molecule is [2H]C(=O)C(OC(=O)N1CCCC1)C(C)(C)C. The normalized spacial score (nSPS) is 19.7. The molecule has 1 amide bonds. The number of carbonyl (C=O) groups is 2. The van der Waals surface area contributed by atoms with Crippen LogP contribution in [0.4, 0.5) is 4.79 Å². The second kappa shape index (κ2) is 4.64. The van der Waals surface area contributed by atoms with Crippen molar-refractivity contribution in [2.24, 2.45) is 5.41 Å². The van der Waals surface area contributed by atoms with Crippen LogP contribution >= 0.6 is 0 Å². The molecule has 0 aromatic heterocycles. The van der Waals surface area contributed by atoms with Gasteiger partial charge >= 0.3 is 6.09 Å². The quantitative estimate of drug-likeness (QED) is 0.659. The number of hydrogen-bond donors (Lipinski definition) is 0. The van der Waals surface area contributed by atoms with E-state index in [2.05, 4.69) is 0 Å². The van der Waals surface area contributed by atoms with Gasteiger partial charge < -0.3 is 9.64 Å². The second-order valence-electron chi connectivity index (χ2n) is 4.94. The van der Waals surface area contributed by atoms with Crippen LogP contribution in [-0.4, -0.2) is 36.4 Å². The van der Waals surface area contributed by atoms with E-state index in [4.69, 9.17) is 6.11 Å². The Morgan fingerprint density at radius 1 is 1.47 bits per heavy atom. The first-order valence-electron chi connectivity index (χ1n) is 5.78. The van der Waals surface area contributed by atoms with E-state index in [1.807, 2.05) is 0 Å². The van der Waals surface area contributed by atoms with Crippen molar-refractivity contribution in [1.82, 2.24) is 4.90 Å². The summed E-state index contributed by atoms with van der Waals surface area (Å²) < 4.78 is 12.2. The van der Waals surface area contributed by atoms with Gasteiger partial charge in [-0.05, 0) is 12.8 Å². The van der Waals surface area contributed by atoms with Crippen LogP contribution in [0.5, 0.6) is 0 Å². The minimum absolute atomic E-state index is 0.474. The second-order valence-corrected chi connectivity index (χ2v) is 4.94. The summed E-state index contributed by atoms with van der Waals surface area (Å²) in [6, 6.07) is 0. The smallest absolute Gasteiger partial charge is 0.410 e. The summed E-state index contributed by atoms with van der Waals surface area (Å²) in [4.78, 5) is 24.4. The summed E-state index contributed by atoms with van der Waals surface area (Å²) in [5.41, 5.74) is -0.534. The summed E-state index contributed by atoms with van der Waals surface area (Å²) in [6.45, 7) is 6.70. The molecule has 0 aromatic carbocycles. The lowest BCUT2D eigenvalue weighted by Gasteiger charge is -2.27. The lowest BCUT2D eigenvalue weighted by molar-refractivity contribution is -0.120. The average molecular weight is 214 g/mol. The van der Waals surface area contributed by atoms with E-state index in [1.165, 1.54) is 0 Å². The maximum Gasteiger partial charge on any atom is 0.410 e. The molecule has 0 aliphatic carbocycles. The molecule has 1 heterocycles. The van der Waals surface area contributed by atoms with E-state index in [0.717, 1.165) is 12.8 Å². The van der Waals surface area contributed by atoms with Crippen LogP contribution in [0.15, 0.2) is 0 Å². The fourth-order valence-corrected chi connectivity index (χ4v) is 1.45. The first-order chi connectivity index (χ1) is 7.32. The number of amides is 1. The number of likely N-dealkylation sites (tertiary alicyclic amines) is 1. The lowest BCUT2D eigenvalue weighted by atomic mass is 9.90. The summed E-state index contributed by atoms with van der Waals surface area (Å²) >= 11 is 0. The van der Waals surface area contributed by atoms with Crippen molar-refractivity contribution in [3.63, 3.8) is 0 Å². The van der Waals surface area contributed by atoms with Gasteiger partial charge in [-0.1, -0.05) is 20.8 Å². The lowest BCUT2D eigenvalue weighted by Crippen LogP contribution is -2.38. The molecule has 1 unspecified atom stereocenters. The Morgan fingerprint density at radius 2 is 2.00 bits per heavy atom. The molecule has 1 rings (SSSR count). The number of hydrogen-bond acceptors (Lipinski definition) is 3. The summed E-state index contributed by atoms with van der Waals surface area (Å²) in [6.07, 6.45) is -0.354. The van der Waals surface area contributed by atoms with Crippen molar-refractivity contribution in [2.75, 3.05) is 13.1 Å². The first-order valence-corrected chi connectivity index (χ1v) is 5.28. The van der Waals surface area contributed by atoms with Gasteiger partial charge in [0.15, 0.2) is 12.4 Å². The van der Waals surface area contributed by atoms with E-state index in [1.54, 1.807) is 25.7 Å². The maximum absolute atomic E-state index is 11.7. The van der Waals surface area contributed by atoms with Gasteiger partial charge in [-0.2, -0.15) is 0 Å². The molecule has 1 aliphatic rings. The summed E-state index contributed by atoms with van der Waals surface area (Å²) in [7, 11) is 0. The average Bonchev–Trinajstić information content (AvgIpc) is 2.63. The highest BCUT2D eigenvalue weighted by Gasteiger charge is 2.30.